The lowest BCUT2D eigenvalue weighted by atomic mass is 10.1. The summed E-state index contributed by atoms with van der Waals surface area (Å²) in [6.45, 7) is 7.88. The molecule has 0 saturated heterocycles. The largest absolute Gasteiger partial charge is 0.673 e. The van der Waals surface area contributed by atoms with Crippen LogP contribution in [-0.2, 0) is 0 Å². The molecule has 0 aliphatic rings. The topological polar surface area (TPSA) is 48.5 Å². The van der Waals surface area contributed by atoms with Gasteiger partial charge in [-0.1, -0.05) is 12.1 Å². The Bertz CT molecular complexity index is 527. The third-order valence-electron chi connectivity index (χ3n) is 2.59. The normalized spacial score (nSPS) is 10.8. The number of hydrogen-bond acceptors (Lipinski definition) is 2. The maximum absolute atomic E-state index is 12.4. The molecule has 1 amide bonds. The minimum Gasteiger partial charge on any atom is -0.418 e. The number of hydrogen-bond donors (Lipinski definition) is 0. The molecule has 0 radical (unpaired) electrons. The summed E-state index contributed by atoms with van der Waals surface area (Å²) < 4.78 is 39.0. The Morgan fingerprint density at radius 2 is 1.50 bits per heavy atom. The Kier molecular flexibility index (Phi) is 7.56. The summed E-state index contributed by atoms with van der Waals surface area (Å²) >= 11 is 0. The molecular weight excluding hydrogens is 301 g/mol. The third-order valence-corrected chi connectivity index (χ3v) is 2.59. The van der Waals surface area contributed by atoms with Gasteiger partial charge in [0.25, 0.3) is 5.91 Å². The van der Waals surface area contributed by atoms with E-state index in [1.54, 1.807) is 29.2 Å². The fraction of sp³-hybridized carbons (Fsp3) is 0.462. The van der Waals surface area contributed by atoms with E-state index < -0.39 is 7.25 Å². The highest BCUT2D eigenvalue weighted by Gasteiger charge is 2.27. The van der Waals surface area contributed by atoms with Gasteiger partial charge in [0.05, 0.1) is 0 Å². The van der Waals surface area contributed by atoms with Gasteiger partial charge in [-0.05, 0) is 33.8 Å². The molecule has 0 saturated carbocycles. The summed E-state index contributed by atoms with van der Waals surface area (Å²) in [5, 5.41) is 8.88. The van der Waals surface area contributed by atoms with Crippen molar-refractivity contribution in [2.75, 3.05) is 0 Å². The Hall–Kier alpha value is -2.11. The molecule has 1 aromatic rings. The van der Waals surface area contributed by atoms with Crippen LogP contribution in [0.25, 0.3) is 4.98 Å². The van der Waals surface area contributed by atoms with Gasteiger partial charge in [-0.2, -0.15) is 0 Å². The molecule has 0 aliphatic carbocycles. The predicted octanol–water partition coefficient (Wildman–Crippen LogP) is 4.73. The first kappa shape index (κ1) is 19.9. The number of nitrogens with zero attached hydrogens (tertiary/aromatic N) is 3. The van der Waals surface area contributed by atoms with Crippen LogP contribution < -0.4 is 0 Å². The number of rotatable bonds is 3. The zero-order valence-corrected chi connectivity index (χ0v) is 12.8. The number of amides is 1. The molecule has 0 fully saturated rings. The van der Waals surface area contributed by atoms with Crippen LogP contribution in [0.5, 0.6) is 0 Å². The van der Waals surface area contributed by atoms with Crippen molar-refractivity contribution < 1.29 is 22.1 Å². The molecule has 4 nitrogen and oxygen atoms in total. The van der Waals surface area contributed by atoms with Gasteiger partial charge in [0, 0.05) is 18.2 Å². The maximum atomic E-state index is 12.4. The third kappa shape index (κ3) is 7.06. The first-order valence-corrected chi connectivity index (χ1v) is 6.63. The van der Waals surface area contributed by atoms with Gasteiger partial charge in [-0.25, -0.2) is 0 Å². The van der Waals surface area contributed by atoms with Crippen LogP contribution in [-0.4, -0.2) is 30.1 Å². The lowest BCUT2D eigenvalue weighted by Crippen LogP contribution is -2.42. The molecule has 0 N–H and O–H groups in total. The number of diazo groups is 1. The second-order valence-corrected chi connectivity index (χ2v) is 5.01. The van der Waals surface area contributed by atoms with Crippen molar-refractivity contribution in [2.24, 2.45) is 0 Å². The second kappa shape index (κ2) is 8.36. The zero-order valence-electron chi connectivity index (χ0n) is 12.8. The van der Waals surface area contributed by atoms with E-state index in [1.165, 1.54) is 0 Å². The fourth-order valence-corrected chi connectivity index (χ4v) is 1.95. The van der Waals surface area contributed by atoms with Gasteiger partial charge in [-0.15, -0.1) is 0 Å². The number of benzene rings is 1. The smallest absolute Gasteiger partial charge is 0.418 e. The van der Waals surface area contributed by atoms with Crippen LogP contribution in [0.4, 0.5) is 23.0 Å². The first-order chi connectivity index (χ1) is 9.99. The average Bonchev–Trinajstić information content (AvgIpc) is 2.35. The molecule has 0 atom stereocenters. The van der Waals surface area contributed by atoms with Crippen LogP contribution >= 0.6 is 0 Å². The summed E-state index contributed by atoms with van der Waals surface area (Å²) in [6.07, 6.45) is 0. The highest BCUT2D eigenvalue weighted by molar-refractivity contribution is 6.50. The summed E-state index contributed by atoms with van der Waals surface area (Å²) in [7, 11) is -6.00. The quantitative estimate of drug-likeness (QED) is 0.459. The van der Waals surface area contributed by atoms with Gasteiger partial charge in [0.1, 0.15) is 5.56 Å². The monoisotopic (exact) mass is 319 g/mol. The Morgan fingerprint density at radius 3 is 1.86 bits per heavy atom. The van der Waals surface area contributed by atoms with Crippen molar-refractivity contribution in [2.45, 2.75) is 39.8 Å². The maximum Gasteiger partial charge on any atom is 0.673 e. The van der Waals surface area contributed by atoms with Gasteiger partial charge in [0.15, 0.2) is 4.98 Å². The molecule has 122 valence electrons. The number of carbonyl (C=O) groups excluding carboxylic acids is 1. The highest BCUT2D eigenvalue weighted by Crippen LogP contribution is 2.22. The van der Waals surface area contributed by atoms with Crippen molar-refractivity contribution in [3.05, 3.63) is 34.8 Å². The Balaban J connectivity index is 0.000000763. The Morgan fingerprint density at radius 1 is 1.09 bits per heavy atom. The minimum absolute atomic E-state index is 0.106. The van der Waals surface area contributed by atoms with E-state index in [9.17, 15) is 22.1 Å². The van der Waals surface area contributed by atoms with Crippen LogP contribution in [0.2, 0.25) is 0 Å². The van der Waals surface area contributed by atoms with Crippen molar-refractivity contribution in [1.82, 2.24) is 4.90 Å². The van der Waals surface area contributed by atoms with Crippen LogP contribution in [0.3, 0.4) is 0 Å². The molecule has 0 spiro atoms. The predicted molar refractivity (Wildman–Crippen MR) is 77.8 cm³/mol. The van der Waals surface area contributed by atoms with E-state index in [0.29, 0.717) is 11.3 Å². The van der Waals surface area contributed by atoms with Gasteiger partial charge in [-0.3, -0.25) is 4.79 Å². The summed E-state index contributed by atoms with van der Waals surface area (Å²) in [6, 6.07) is 7.01. The van der Waals surface area contributed by atoms with E-state index in [4.69, 9.17) is 5.39 Å². The molecule has 9 heteroatoms. The lowest BCUT2D eigenvalue weighted by molar-refractivity contribution is 0.0645. The average molecular weight is 319 g/mol. The number of halogens is 4. The summed E-state index contributed by atoms with van der Waals surface area (Å²) in [4.78, 5) is 17.3. The SMILES string of the molecule is CC(C)N(C(=O)c1ccccc1[N+]#N)C(C)C.F[B-](F)(F)F. The zero-order chi connectivity index (χ0) is 17.5. The summed E-state index contributed by atoms with van der Waals surface area (Å²) in [5.74, 6) is -0.108. The molecular formula is C13H18BF4N3O. The van der Waals surface area contributed by atoms with E-state index in [-0.39, 0.29) is 18.0 Å². The van der Waals surface area contributed by atoms with E-state index in [1.807, 2.05) is 27.7 Å². The minimum atomic E-state index is -6.00. The van der Waals surface area contributed by atoms with Crippen LogP contribution in [0.1, 0.15) is 38.1 Å². The first-order valence-electron chi connectivity index (χ1n) is 6.63. The van der Waals surface area contributed by atoms with Crippen LogP contribution in [0, 0.1) is 5.39 Å². The van der Waals surface area contributed by atoms with Crippen LogP contribution in [0.15, 0.2) is 24.3 Å². The molecule has 0 unspecified atom stereocenters. The lowest BCUT2D eigenvalue weighted by Gasteiger charge is -2.30. The van der Waals surface area contributed by atoms with Gasteiger partial charge < -0.3 is 22.2 Å². The molecule has 0 heterocycles. The van der Waals surface area contributed by atoms with E-state index in [2.05, 4.69) is 4.98 Å². The number of carbonyl (C=O) groups is 1. The molecule has 1 rings (SSSR count). The van der Waals surface area contributed by atoms with Crippen molar-refractivity contribution in [3.63, 3.8) is 0 Å². The molecule has 1 aromatic carbocycles. The highest BCUT2D eigenvalue weighted by atomic mass is 19.5. The molecule has 0 aliphatic heterocycles. The van der Waals surface area contributed by atoms with Crippen molar-refractivity contribution in [3.8, 4) is 0 Å². The van der Waals surface area contributed by atoms with E-state index in [0.717, 1.165) is 0 Å². The summed E-state index contributed by atoms with van der Waals surface area (Å²) in [5.41, 5.74) is 0.737. The molecule has 0 bridgehead atoms. The molecule has 22 heavy (non-hydrogen) atoms. The fourth-order valence-electron chi connectivity index (χ4n) is 1.95. The van der Waals surface area contributed by atoms with E-state index >= 15 is 0 Å². The van der Waals surface area contributed by atoms with Crippen molar-refractivity contribution in [1.29, 1.82) is 5.39 Å². The Labute approximate surface area is 126 Å². The second-order valence-electron chi connectivity index (χ2n) is 5.01. The van der Waals surface area contributed by atoms with Gasteiger partial charge >= 0.3 is 12.9 Å². The van der Waals surface area contributed by atoms with Gasteiger partial charge in [0.2, 0.25) is 5.39 Å². The molecule has 0 aromatic heterocycles. The standard InChI is InChI=1S/C13H18N3O.BF4/c1-9(2)16(10(3)4)13(17)11-7-5-6-8-12(11)15-14;2-1(3,4)5/h5-10H,1-4H3;/q+1;-1. The van der Waals surface area contributed by atoms with Crippen molar-refractivity contribution >= 4 is 18.8 Å².